The number of amides is 2. The lowest BCUT2D eigenvalue weighted by molar-refractivity contribution is -0.384. The molecular weight excluding hydrogens is 386 g/mol. The Morgan fingerprint density at radius 2 is 1.73 bits per heavy atom. The Labute approximate surface area is 175 Å². The molecule has 0 aliphatic carbocycles. The van der Waals surface area contributed by atoms with Crippen molar-refractivity contribution < 1.29 is 19.3 Å². The Kier molecular flexibility index (Phi) is 7.80. The molecule has 0 spiro atoms. The van der Waals surface area contributed by atoms with Gasteiger partial charge in [-0.3, -0.25) is 24.5 Å². The standard InChI is InChI=1S/C22H25N3O5/c1-15(2)20(23-21(27)18-9-5-4-6-10-18)22(28)24(13-16(3)26)14-17-8-7-11-19(12-17)25(29)30/h4-12,15,20H,13-14H2,1-3H3,(H,23,27). The van der Waals surface area contributed by atoms with Gasteiger partial charge in [-0.2, -0.15) is 0 Å². The first kappa shape index (κ1) is 22.7. The van der Waals surface area contributed by atoms with Crippen molar-refractivity contribution in [3.8, 4) is 0 Å². The lowest BCUT2D eigenvalue weighted by atomic mass is 10.0. The maximum absolute atomic E-state index is 13.2. The van der Waals surface area contributed by atoms with E-state index >= 15 is 0 Å². The third-order valence-corrected chi connectivity index (χ3v) is 4.48. The molecule has 8 heteroatoms. The highest BCUT2D eigenvalue weighted by Gasteiger charge is 2.30. The smallest absolute Gasteiger partial charge is 0.269 e. The van der Waals surface area contributed by atoms with Crippen molar-refractivity contribution in [3.05, 3.63) is 75.8 Å². The van der Waals surface area contributed by atoms with Crippen LogP contribution in [0.2, 0.25) is 0 Å². The van der Waals surface area contributed by atoms with E-state index < -0.39 is 16.9 Å². The highest BCUT2D eigenvalue weighted by Crippen LogP contribution is 2.17. The van der Waals surface area contributed by atoms with Crippen molar-refractivity contribution in [1.29, 1.82) is 0 Å². The van der Waals surface area contributed by atoms with E-state index in [0.717, 1.165) is 0 Å². The number of Topliss-reactive ketones (excluding diaryl/α,β-unsaturated/α-hetero) is 1. The van der Waals surface area contributed by atoms with Crippen molar-refractivity contribution in [1.82, 2.24) is 10.2 Å². The van der Waals surface area contributed by atoms with E-state index in [4.69, 9.17) is 0 Å². The number of ketones is 1. The van der Waals surface area contributed by atoms with E-state index in [-0.39, 0.29) is 36.4 Å². The fourth-order valence-electron chi connectivity index (χ4n) is 2.99. The topological polar surface area (TPSA) is 110 Å². The van der Waals surface area contributed by atoms with E-state index in [1.807, 2.05) is 0 Å². The van der Waals surface area contributed by atoms with Gasteiger partial charge in [0.05, 0.1) is 11.5 Å². The van der Waals surface area contributed by atoms with Crippen LogP contribution in [-0.4, -0.2) is 40.0 Å². The van der Waals surface area contributed by atoms with Crippen LogP contribution in [0.5, 0.6) is 0 Å². The van der Waals surface area contributed by atoms with Crippen LogP contribution in [0.4, 0.5) is 5.69 Å². The Bertz CT molecular complexity index is 927. The first-order valence-electron chi connectivity index (χ1n) is 9.56. The summed E-state index contributed by atoms with van der Waals surface area (Å²) >= 11 is 0. The Hall–Kier alpha value is -3.55. The number of hydrogen-bond donors (Lipinski definition) is 1. The molecule has 1 unspecified atom stereocenters. The molecule has 1 N–H and O–H groups in total. The van der Waals surface area contributed by atoms with E-state index in [0.29, 0.717) is 11.1 Å². The van der Waals surface area contributed by atoms with Crippen molar-refractivity contribution in [2.75, 3.05) is 6.54 Å². The molecule has 2 aromatic rings. The number of carbonyl (C=O) groups excluding carboxylic acids is 3. The fraction of sp³-hybridized carbons (Fsp3) is 0.318. The Morgan fingerprint density at radius 1 is 1.07 bits per heavy atom. The van der Waals surface area contributed by atoms with E-state index in [1.165, 1.54) is 30.0 Å². The number of nitrogens with zero attached hydrogens (tertiary/aromatic N) is 2. The number of nitro groups is 1. The predicted molar refractivity (Wildman–Crippen MR) is 112 cm³/mol. The molecule has 2 aromatic carbocycles. The van der Waals surface area contributed by atoms with Crippen LogP contribution in [0.1, 0.15) is 36.7 Å². The average molecular weight is 411 g/mol. The summed E-state index contributed by atoms with van der Waals surface area (Å²) in [6.45, 7) is 4.82. The summed E-state index contributed by atoms with van der Waals surface area (Å²) in [5.74, 6) is -1.27. The van der Waals surface area contributed by atoms with Crippen LogP contribution in [0.25, 0.3) is 0 Å². The van der Waals surface area contributed by atoms with Crippen LogP contribution in [0.3, 0.4) is 0 Å². The van der Waals surface area contributed by atoms with E-state index in [1.54, 1.807) is 50.2 Å². The fourth-order valence-corrected chi connectivity index (χ4v) is 2.99. The lowest BCUT2D eigenvalue weighted by Crippen LogP contribution is -2.52. The molecule has 0 bridgehead atoms. The van der Waals surface area contributed by atoms with Gasteiger partial charge in [0.1, 0.15) is 11.8 Å². The average Bonchev–Trinajstić information content (AvgIpc) is 2.71. The SMILES string of the molecule is CC(=O)CN(Cc1cccc([N+](=O)[O-])c1)C(=O)C(NC(=O)c1ccccc1)C(C)C. The number of nitrogens with one attached hydrogen (secondary N) is 1. The van der Waals surface area contributed by atoms with Crippen LogP contribution in [0.15, 0.2) is 54.6 Å². The zero-order valence-electron chi connectivity index (χ0n) is 17.2. The van der Waals surface area contributed by atoms with Crippen LogP contribution < -0.4 is 5.32 Å². The second-order valence-corrected chi connectivity index (χ2v) is 7.38. The second-order valence-electron chi connectivity index (χ2n) is 7.38. The molecule has 8 nitrogen and oxygen atoms in total. The molecule has 30 heavy (non-hydrogen) atoms. The monoisotopic (exact) mass is 411 g/mol. The molecule has 1 atom stereocenters. The maximum Gasteiger partial charge on any atom is 0.269 e. The first-order valence-corrected chi connectivity index (χ1v) is 9.56. The summed E-state index contributed by atoms with van der Waals surface area (Å²) in [7, 11) is 0. The van der Waals surface area contributed by atoms with Gasteiger partial charge < -0.3 is 10.2 Å². The molecule has 2 amide bonds. The molecule has 0 radical (unpaired) electrons. The highest BCUT2D eigenvalue weighted by atomic mass is 16.6. The lowest BCUT2D eigenvalue weighted by Gasteiger charge is -2.29. The molecule has 0 aromatic heterocycles. The number of rotatable bonds is 9. The van der Waals surface area contributed by atoms with Gasteiger partial charge in [-0.25, -0.2) is 0 Å². The molecule has 0 fully saturated rings. The van der Waals surface area contributed by atoms with Gasteiger partial charge in [-0.1, -0.05) is 44.2 Å². The van der Waals surface area contributed by atoms with Gasteiger partial charge in [0.15, 0.2) is 0 Å². The van der Waals surface area contributed by atoms with Crippen molar-refractivity contribution >= 4 is 23.3 Å². The van der Waals surface area contributed by atoms with Crippen molar-refractivity contribution in [3.63, 3.8) is 0 Å². The van der Waals surface area contributed by atoms with E-state index in [9.17, 15) is 24.5 Å². The van der Waals surface area contributed by atoms with Gasteiger partial charge in [-0.05, 0) is 30.5 Å². The molecular formula is C22H25N3O5. The number of carbonyl (C=O) groups is 3. The minimum Gasteiger partial charge on any atom is -0.340 e. The number of benzene rings is 2. The van der Waals surface area contributed by atoms with Crippen molar-refractivity contribution in [2.24, 2.45) is 5.92 Å². The third kappa shape index (κ3) is 6.23. The van der Waals surface area contributed by atoms with Crippen LogP contribution in [0, 0.1) is 16.0 Å². The normalized spacial score (nSPS) is 11.6. The summed E-state index contributed by atoms with van der Waals surface area (Å²) < 4.78 is 0. The molecule has 0 aliphatic heterocycles. The van der Waals surface area contributed by atoms with Gasteiger partial charge >= 0.3 is 0 Å². The zero-order valence-corrected chi connectivity index (χ0v) is 17.2. The van der Waals surface area contributed by atoms with Gasteiger partial charge in [-0.15, -0.1) is 0 Å². The number of hydrogen-bond acceptors (Lipinski definition) is 5. The van der Waals surface area contributed by atoms with Crippen LogP contribution >= 0.6 is 0 Å². The third-order valence-electron chi connectivity index (χ3n) is 4.48. The summed E-state index contributed by atoms with van der Waals surface area (Å²) in [5.41, 5.74) is 0.851. The first-order chi connectivity index (χ1) is 14.2. The van der Waals surface area contributed by atoms with Crippen molar-refractivity contribution in [2.45, 2.75) is 33.4 Å². The molecule has 0 heterocycles. The number of non-ortho nitro benzene ring substituents is 1. The summed E-state index contributed by atoms with van der Waals surface area (Å²) in [6.07, 6.45) is 0. The largest absolute Gasteiger partial charge is 0.340 e. The molecule has 0 aliphatic rings. The Balaban J connectivity index is 2.25. The second kappa shape index (κ2) is 10.3. The minimum atomic E-state index is -0.851. The summed E-state index contributed by atoms with van der Waals surface area (Å²) in [6, 6.07) is 13.6. The molecule has 0 saturated carbocycles. The van der Waals surface area contributed by atoms with E-state index in [2.05, 4.69) is 5.32 Å². The molecule has 0 saturated heterocycles. The quantitative estimate of drug-likeness (QED) is 0.504. The van der Waals surface area contributed by atoms with Gasteiger partial charge in [0, 0.05) is 24.2 Å². The Morgan fingerprint density at radius 3 is 2.30 bits per heavy atom. The molecule has 158 valence electrons. The predicted octanol–water partition coefficient (Wildman–Crippen LogP) is 2.97. The summed E-state index contributed by atoms with van der Waals surface area (Å²) in [5, 5.41) is 13.8. The highest BCUT2D eigenvalue weighted by molar-refractivity contribution is 5.98. The van der Waals surface area contributed by atoms with Crippen LogP contribution in [-0.2, 0) is 16.1 Å². The zero-order chi connectivity index (χ0) is 22.3. The van der Waals surface area contributed by atoms with Gasteiger partial charge in [0.25, 0.3) is 11.6 Å². The minimum absolute atomic E-state index is 0.0184. The number of nitro benzene ring substituents is 1. The van der Waals surface area contributed by atoms with Gasteiger partial charge in [0.2, 0.25) is 5.91 Å². The molecule has 2 rings (SSSR count). The summed E-state index contributed by atoms with van der Waals surface area (Å²) in [4.78, 5) is 49.4. The maximum atomic E-state index is 13.2.